The summed E-state index contributed by atoms with van der Waals surface area (Å²) in [6.07, 6.45) is 0. The molecule has 0 amide bonds. The van der Waals surface area contributed by atoms with Crippen molar-refractivity contribution in [3.05, 3.63) is 0 Å². The molecule has 0 fully saturated rings. The molecular weight excluding hydrogens is 242 g/mol. The Morgan fingerprint density at radius 1 is 1.25 bits per heavy atom. The summed E-state index contributed by atoms with van der Waals surface area (Å²) >= 11 is 4.71. The first-order valence-corrected chi connectivity index (χ1v) is 13.0. The quantitative estimate of drug-likeness (QED) is 0.539. The molecule has 0 bridgehead atoms. The van der Waals surface area contributed by atoms with Crippen molar-refractivity contribution in [2.75, 3.05) is 0 Å². The van der Waals surface area contributed by atoms with Crippen LogP contribution in [0.4, 0.5) is 0 Å². The van der Waals surface area contributed by atoms with Crippen LogP contribution in [0.15, 0.2) is 0 Å². The molecule has 0 saturated carbocycles. The molecule has 0 aromatic rings. The Kier molecular flexibility index (Phi) is 47.0. The molecule has 0 nitrogen and oxygen atoms in total. The van der Waals surface area contributed by atoms with Gasteiger partial charge in [-0.3, -0.25) is 0 Å². The second kappa shape index (κ2) is 20.1. The van der Waals surface area contributed by atoms with Crippen molar-refractivity contribution in [3.63, 3.8) is 0 Å². The van der Waals surface area contributed by atoms with Crippen LogP contribution < -0.4 is 0 Å². The summed E-state index contributed by atoms with van der Waals surface area (Å²) < 4.78 is 0. The van der Waals surface area contributed by atoms with Gasteiger partial charge in [0.05, 0.1) is 0 Å². The zero-order valence-corrected chi connectivity index (χ0v) is 10.9. The summed E-state index contributed by atoms with van der Waals surface area (Å²) in [5.74, 6) is 0. The molecule has 0 heterocycles. The summed E-state index contributed by atoms with van der Waals surface area (Å²) in [6.45, 7) is 0. The molecule has 4 heteroatoms. The van der Waals surface area contributed by atoms with Gasteiger partial charge in [0.1, 0.15) is 0 Å². The fraction of sp³-hybridized carbons (Fsp3) is 0. The third-order valence-electron chi connectivity index (χ3n) is 0. The molecule has 0 aromatic carbocycles. The number of hydrogen-bond acceptors (Lipinski definition) is 1. The SMILES string of the molecule is [S]=[Zn].[Zn][SeH]. The Hall–Kier alpha value is 1.99. The monoisotopic (exact) mass is 241 g/mol. The van der Waals surface area contributed by atoms with Crippen molar-refractivity contribution >= 4 is 23.8 Å². The van der Waals surface area contributed by atoms with Crippen LogP contribution in [-0.2, 0) is 32.9 Å². The van der Waals surface area contributed by atoms with Gasteiger partial charge in [0.25, 0.3) is 0 Å². The van der Waals surface area contributed by atoms with Gasteiger partial charge in [0, 0.05) is 0 Å². The fourth-order valence-electron chi connectivity index (χ4n) is 0. The van der Waals surface area contributed by atoms with E-state index in [4.69, 9.17) is 0 Å². The van der Waals surface area contributed by atoms with Crippen LogP contribution in [0.25, 0.3) is 0 Å². The average molecular weight is 243 g/mol. The molecule has 0 saturated heterocycles. The van der Waals surface area contributed by atoms with Crippen LogP contribution >= 0.6 is 10.1 Å². The zero-order chi connectivity index (χ0) is 4.00. The van der Waals surface area contributed by atoms with E-state index in [1.54, 1.807) is 0 Å². The van der Waals surface area contributed by atoms with E-state index in [0.29, 0.717) is 0 Å². The van der Waals surface area contributed by atoms with E-state index >= 15 is 0 Å². The first-order chi connectivity index (χ1) is 2.00. The predicted molar refractivity (Wildman–Crippen MR) is 14.7 cm³/mol. The van der Waals surface area contributed by atoms with E-state index in [1.165, 1.54) is 16.3 Å². The molecule has 0 unspecified atom stereocenters. The predicted octanol–water partition coefficient (Wildman–Crippen LogP) is -0.00530. The summed E-state index contributed by atoms with van der Waals surface area (Å²) in [5, 5.41) is 0. The molecule has 0 N–H and O–H groups in total. The standard InChI is InChI=1S/S.H2Se.2Zn/h;1H2;;/q;;;+1/p-1. The third kappa shape index (κ3) is 9.01. The first kappa shape index (κ1) is 9.37. The molecule has 0 atom stereocenters. The van der Waals surface area contributed by atoms with Crippen LogP contribution in [0.5, 0.6) is 0 Å². The normalized spacial score (nSPS) is 3.25. The zero-order valence-electron chi connectivity index (χ0n) is 2.27. The first-order valence-electron chi connectivity index (χ1n) is 0.605. The van der Waals surface area contributed by atoms with E-state index in [9.17, 15) is 0 Å². The molecular formula is HSSeZn2. The van der Waals surface area contributed by atoms with E-state index in [-0.39, 0.29) is 0 Å². The molecule has 0 aliphatic rings. The van der Waals surface area contributed by atoms with Crippen molar-refractivity contribution in [2.24, 2.45) is 0 Å². The topological polar surface area (TPSA) is 0 Å². The van der Waals surface area contributed by atoms with E-state index < -0.39 is 0 Å². The maximum atomic E-state index is 4.21. The van der Waals surface area contributed by atoms with Crippen molar-refractivity contribution in [3.8, 4) is 0 Å². The Morgan fingerprint density at radius 3 is 1.25 bits per heavy atom. The third-order valence-corrected chi connectivity index (χ3v) is 0. The van der Waals surface area contributed by atoms with Crippen molar-refractivity contribution < 1.29 is 32.9 Å². The van der Waals surface area contributed by atoms with Gasteiger partial charge in [-0.15, -0.1) is 0 Å². The molecule has 4 heavy (non-hydrogen) atoms. The van der Waals surface area contributed by atoms with Gasteiger partial charge in [0.2, 0.25) is 0 Å². The molecule has 0 aliphatic heterocycles. The summed E-state index contributed by atoms with van der Waals surface area (Å²) in [6, 6.07) is 0. The Labute approximate surface area is 56.1 Å². The van der Waals surface area contributed by atoms with Crippen LogP contribution in [0.3, 0.4) is 0 Å². The van der Waals surface area contributed by atoms with E-state index in [1.807, 2.05) is 0 Å². The van der Waals surface area contributed by atoms with E-state index in [0.717, 1.165) is 16.6 Å². The maximum absolute atomic E-state index is 4.21. The van der Waals surface area contributed by atoms with Crippen molar-refractivity contribution in [1.29, 1.82) is 0 Å². The van der Waals surface area contributed by atoms with Crippen LogP contribution in [0.2, 0.25) is 0 Å². The Bertz CT molecular complexity index is 6.00. The van der Waals surface area contributed by atoms with Crippen molar-refractivity contribution in [2.45, 2.75) is 0 Å². The molecule has 0 aromatic heterocycles. The van der Waals surface area contributed by atoms with Gasteiger partial charge in [-0.2, -0.15) is 0 Å². The number of rotatable bonds is 0. The van der Waals surface area contributed by atoms with Gasteiger partial charge in [-0.25, -0.2) is 0 Å². The average Bonchev–Trinajstić information content (AvgIpc) is 1.50. The van der Waals surface area contributed by atoms with Crippen LogP contribution in [0.1, 0.15) is 0 Å². The van der Waals surface area contributed by atoms with Gasteiger partial charge in [-0.05, 0) is 0 Å². The van der Waals surface area contributed by atoms with E-state index in [2.05, 4.69) is 23.8 Å². The summed E-state index contributed by atoms with van der Waals surface area (Å²) in [7, 11) is 4.21. The minimum absolute atomic E-state index is 0.958. The van der Waals surface area contributed by atoms with Crippen molar-refractivity contribution in [1.82, 2.24) is 0 Å². The van der Waals surface area contributed by atoms with Gasteiger partial charge in [0.15, 0.2) is 0 Å². The van der Waals surface area contributed by atoms with Gasteiger partial charge in [-0.1, -0.05) is 0 Å². The summed E-state index contributed by atoms with van der Waals surface area (Å²) in [5.41, 5.74) is 0. The van der Waals surface area contributed by atoms with Gasteiger partial charge < -0.3 is 0 Å². The second-order valence-electron chi connectivity index (χ2n) is 0. The minimum atomic E-state index is 0.958. The van der Waals surface area contributed by atoms with Crippen LogP contribution in [0, 0.1) is 0 Å². The Balaban J connectivity index is 0. The molecule has 0 rings (SSSR count). The van der Waals surface area contributed by atoms with Crippen LogP contribution in [-0.4, -0.2) is 13.7 Å². The molecule has 17 valence electrons. The second-order valence-corrected chi connectivity index (χ2v) is 0. The molecule has 0 radical (unpaired) electrons. The molecule has 0 spiro atoms. The Morgan fingerprint density at radius 2 is 1.25 bits per heavy atom. The fourth-order valence-corrected chi connectivity index (χ4v) is 0. The summed E-state index contributed by atoms with van der Waals surface area (Å²) in [4.78, 5) is 0. The number of hydrogen-bond donors (Lipinski definition) is 0. The molecule has 0 aliphatic carbocycles. The van der Waals surface area contributed by atoms with Gasteiger partial charge >= 0.3 is 56.7 Å².